The van der Waals surface area contributed by atoms with Crippen LogP contribution in [0.25, 0.3) is 0 Å². The number of hydrogen-bond donors (Lipinski definition) is 3. The molecule has 2 aromatic carbocycles. The summed E-state index contributed by atoms with van der Waals surface area (Å²) < 4.78 is 5.49. The molecule has 0 aliphatic carbocycles. The Morgan fingerprint density at radius 3 is 2.20 bits per heavy atom. The van der Waals surface area contributed by atoms with Gasteiger partial charge in [-0.05, 0) is 30.2 Å². The highest BCUT2D eigenvalue weighted by Crippen LogP contribution is 2.27. The Balaban J connectivity index is 1.53. The minimum Gasteiger partial charge on any atom is -0.492 e. The Bertz CT molecular complexity index is 863. The standard InChI is InChI=1S/C21H23Cl2N3O4/c22-16-8-9-18(17(23)13-16)30-12-4-7-20(28)25-26-21(29)11-10-19(27)24-14-15-5-2-1-3-6-15/h1-3,5-6,8-9,13H,4,7,10-12,14H2,(H,24,27)(H,25,28)(H,26,29). The molecule has 0 aliphatic rings. The summed E-state index contributed by atoms with van der Waals surface area (Å²) >= 11 is 11.8. The largest absolute Gasteiger partial charge is 0.492 e. The van der Waals surface area contributed by atoms with E-state index in [1.165, 1.54) is 0 Å². The minimum atomic E-state index is -0.442. The van der Waals surface area contributed by atoms with Gasteiger partial charge in [0.2, 0.25) is 17.7 Å². The summed E-state index contributed by atoms with van der Waals surface area (Å²) in [5.74, 6) is -0.552. The predicted molar refractivity (Wildman–Crippen MR) is 115 cm³/mol. The first-order valence-corrected chi connectivity index (χ1v) is 10.2. The lowest BCUT2D eigenvalue weighted by Gasteiger charge is -2.09. The van der Waals surface area contributed by atoms with E-state index in [0.29, 0.717) is 28.8 Å². The van der Waals surface area contributed by atoms with E-state index in [1.54, 1.807) is 18.2 Å². The average Bonchev–Trinajstić information content (AvgIpc) is 2.74. The predicted octanol–water partition coefficient (Wildman–Crippen LogP) is 3.40. The number of halogens is 2. The molecule has 0 heterocycles. The molecule has 0 saturated heterocycles. The van der Waals surface area contributed by atoms with Gasteiger partial charge in [-0.1, -0.05) is 53.5 Å². The lowest BCUT2D eigenvalue weighted by molar-refractivity contribution is -0.130. The maximum Gasteiger partial charge on any atom is 0.238 e. The first kappa shape index (κ1) is 23.5. The molecule has 2 rings (SSSR count). The molecule has 0 atom stereocenters. The van der Waals surface area contributed by atoms with Crippen LogP contribution in [0.15, 0.2) is 48.5 Å². The van der Waals surface area contributed by atoms with Gasteiger partial charge in [0.25, 0.3) is 0 Å². The van der Waals surface area contributed by atoms with Gasteiger partial charge in [-0.2, -0.15) is 0 Å². The van der Waals surface area contributed by atoms with E-state index in [9.17, 15) is 14.4 Å². The Kier molecular flexibility index (Phi) is 9.97. The fourth-order valence-corrected chi connectivity index (χ4v) is 2.85. The van der Waals surface area contributed by atoms with Gasteiger partial charge in [-0.15, -0.1) is 0 Å². The molecule has 3 N–H and O–H groups in total. The van der Waals surface area contributed by atoms with E-state index in [1.807, 2.05) is 30.3 Å². The van der Waals surface area contributed by atoms with Crippen molar-refractivity contribution in [2.24, 2.45) is 0 Å². The molecule has 30 heavy (non-hydrogen) atoms. The molecule has 0 radical (unpaired) electrons. The number of nitrogens with one attached hydrogen (secondary N) is 3. The highest BCUT2D eigenvalue weighted by Gasteiger charge is 2.09. The van der Waals surface area contributed by atoms with Crippen molar-refractivity contribution >= 4 is 40.9 Å². The fourth-order valence-electron chi connectivity index (χ4n) is 2.38. The summed E-state index contributed by atoms with van der Waals surface area (Å²) in [5, 5.41) is 3.64. The van der Waals surface area contributed by atoms with E-state index >= 15 is 0 Å². The van der Waals surface area contributed by atoms with E-state index < -0.39 is 5.91 Å². The van der Waals surface area contributed by atoms with Crippen LogP contribution in [0, 0.1) is 0 Å². The van der Waals surface area contributed by atoms with Crippen LogP contribution in [0.4, 0.5) is 0 Å². The van der Waals surface area contributed by atoms with Gasteiger partial charge in [-0.25, -0.2) is 0 Å². The van der Waals surface area contributed by atoms with Gasteiger partial charge in [0.1, 0.15) is 5.75 Å². The molecule has 0 aliphatic heterocycles. The molecule has 3 amide bonds. The van der Waals surface area contributed by atoms with Crippen molar-refractivity contribution in [1.82, 2.24) is 16.2 Å². The van der Waals surface area contributed by atoms with Gasteiger partial charge >= 0.3 is 0 Å². The highest BCUT2D eigenvalue weighted by molar-refractivity contribution is 6.35. The van der Waals surface area contributed by atoms with E-state index in [2.05, 4.69) is 16.2 Å². The third-order valence-corrected chi connectivity index (χ3v) is 4.48. The first-order valence-electron chi connectivity index (χ1n) is 9.40. The lowest BCUT2D eigenvalue weighted by atomic mass is 10.2. The number of carbonyl (C=O) groups excluding carboxylic acids is 3. The normalized spacial score (nSPS) is 10.2. The zero-order valence-electron chi connectivity index (χ0n) is 16.3. The molecule has 2 aromatic rings. The number of benzene rings is 2. The van der Waals surface area contributed by atoms with Gasteiger partial charge in [0.15, 0.2) is 0 Å². The average molecular weight is 452 g/mol. The second kappa shape index (κ2) is 12.7. The molecule has 0 bridgehead atoms. The zero-order valence-corrected chi connectivity index (χ0v) is 17.8. The molecule has 0 aromatic heterocycles. The van der Waals surface area contributed by atoms with Crippen LogP contribution in [0.1, 0.15) is 31.2 Å². The third-order valence-electron chi connectivity index (χ3n) is 3.95. The third kappa shape index (κ3) is 9.15. The van der Waals surface area contributed by atoms with Crippen LogP contribution in [0.2, 0.25) is 10.0 Å². The number of amides is 3. The number of hydrazine groups is 1. The topological polar surface area (TPSA) is 96.5 Å². The van der Waals surface area contributed by atoms with Crippen molar-refractivity contribution in [3.8, 4) is 5.75 Å². The lowest BCUT2D eigenvalue weighted by Crippen LogP contribution is -2.42. The number of ether oxygens (including phenoxy) is 1. The van der Waals surface area contributed by atoms with Crippen molar-refractivity contribution in [2.75, 3.05) is 6.61 Å². The number of carbonyl (C=O) groups is 3. The maximum absolute atomic E-state index is 11.8. The molecular formula is C21H23Cl2N3O4. The summed E-state index contributed by atoms with van der Waals surface area (Å²) in [6.07, 6.45) is 0.592. The molecular weight excluding hydrogens is 429 g/mol. The van der Waals surface area contributed by atoms with Crippen molar-refractivity contribution < 1.29 is 19.1 Å². The SMILES string of the molecule is O=C(CCC(=O)NNC(=O)CCCOc1ccc(Cl)cc1Cl)NCc1ccccc1. The molecule has 160 valence electrons. The Morgan fingerprint density at radius 1 is 0.833 bits per heavy atom. The summed E-state index contributed by atoms with van der Waals surface area (Å²) in [5.41, 5.74) is 5.58. The van der Waals surface area contributed by atoms with E-state index in [0.717, 1.165) is 5.56 Å². The highest BCUT2D eigenvalue weighted by atomic mass is 35.5. The van der Waals surface area contributed by atoms with Gasteiger partial charge in [0, 0.05) is 30.8 Å². The zero-order chi connectivity index (χ0) is 21.8. The van der Waals surface area contributed by atoms with Crippen molar-refractivity contribution in [2.45, 2.75) is 32.2 Å². The number of rotatable bonds is 10. The van der Waals surface area contributed by atoms with Crippen molar-refractivity contribution in [3.05, 3.63) is 64.1 Å². The van der Waals surface area contributed by atoms with Crippen LogP contribution in [-0.4, -0.2) is 24.3 Å². The second-order valence-electron chi connectivity index (χ2n) is 6.39. The first-order chi connectivity index (χ1) is 14.4. The van der Waals surface area contributed by atoms with Gasteiger partial charge in [-0.3, -0.25) is 25.2 Å². The quantitative estimate of drug-likeness (QED) is 0.380. The fraction of sp³-hybridized carbons (Fsp3) is 0.286. The summed E-state index contributed by atoms with van der Waals surface area (Å²) in [4.78, 5) is 35.3. The van der Waals surface area contributed by atoms with Crippen LogP contribution < -0.4 is 20.9 Å². The summed E-state index contributed by atoms with van der Waals surface area (Å²) in [7, 11) is 0. The molecule has 0 saturated carbocycles. The molecule has 9 heteroatoms. The van der Waals surface area contributed by atoms with E-state index in [-0.39, 0.29) is 37.7 Å². The van der Waals surface area contributed by atoms with Gasteiger partial charge in [0.05, 0.1) is 11.6 Å². The van der Waals surface area contributed by atoms with Gasteiger partial charge < -0.3 is 10.1 Å². The van der Waals surface area contributed by atoms with Crippen LogP contribution in [-0.2, 0) is 20.9 Å². The van der Waals surface area contributed by atoms with Crippen molar-refractivity contribution in [1.29, 1.82) is 0 Å². The Labute approximate surface area is 185 Å². The van der Waals surface area contributed by atoms with Crippen LogP contribution in [0.3, 0.4) is 0 Å². The summed E-state index contributed by atoms with van der Waals surface area (Å²) in [6, 6.07) is 14.4. The molecule has 0 spiro atoms. The smallest absolute Gasteiger partial charge is 0.238 e. The van der Waals surface area contributed by atoms with Crippen LogP contribution >= 0.6 is 23.2 Å². The van der Waals surface area contributed by atoms with Crippen LogP contribution in [0.5, 0.6) is 5.75 Å². The Hall–Kier alpha value is -2.77. The maximum atomic E-state index is 11.8. The second-order valence-corrected chi connectivity index (χ2v) is 7.23. The van der Waals surface area contributed by atoms with Crippen molar-refractivity contribution in [3.63, 3.8) is 0 Å². The minimum absolute atomic E-state index is 0.0287. The molecule has 7 nitrogen and oxygen atoms in total. The van der Waals surface area contributed by atoms with E-state index in [4.69, 9.17) is 27.9 Å². The number of hydrogen-bond acceptors (Lipinski definition) is 4. The molecule has 0 fully saturated rings. The molecule has 0 unspecified atom stereocenters. The monoisotopic (exact) mass is 451 g/mol. The summed E-state index contributed by atoms with van der Waals surface area (Å²) in [6.45, 7) is 0.686. The Morgan fingerprint density at radius 2 is 1.50 bits per heavy atom.